The van der Waals surface area contributed by atoms with Crippen LogP contribution in [0.5, 0.6) is 0 Å². The predicted octanol–water partition coefficient (Wildman–Crippen LogP) is 3.53. The number of likely N-dealkylation sites (tertiary alicyclic amines) is 1. The van der Waals surface area contributed by atoms with Crippen LogP contribution in [-0.2, 0) is 6.42 Å². The molecule has 3 aromatic rings. The van der Waals surface area contributed by atoms with Gasteiger partial charge in [-0.05, 0) is 43.4 Å². The number of carbonyl (C=O) groups is 1. The van der Waals surface area contributed by atoms with Gasteiger partial charge in [-0.15, -0.1) is 0 Å². The van der Waals surface area contributed by atoms with E-state index in [1.165, 1.54) is 0 Å². The van der Waals surface area contributed by atoms with Crippen molar-refractivity contribution < 1.29 is 9.32 Å². The van der Waals surface area contributed by atoms with E-state index in [4.69, 9.17) is 4.52 Å². The van der Waals surface area contributed by atoms with Gasteiger partial charge in [0, 0.05) is 37.5 Å². The highest BCUT2D eigenvalue weighted by Crippen LogP contribution is 2.24. The second-order valence-electron chi connectivity index (χ2n) is 7.03. The maximum absolute atomic E-state index is 12.7. The van der Waals surface area contributed by atoms with Crippen LogP contribution >= 0.6 is 0 Å². The number of aryl methyl sites for hydroxylation is 1. The molecule has 0 saturated carbocycles. The lowest BCUT2D eigenvalue weighted by atomic mass is 9.94. The first-order valence-electron chi connectivity index (χ1n) is 9.28. The number of piperidine rings is 1. The minimum absolute atomic E-state index is 0.0407. The van der Waals surface area contributed by atoms with Crippen LogP contribution in [0.25, 0.3) is 11.4 Å². The molecule has 0 N–H and O–H groups in total. The van der Waals surface area contributed by atoms with E-state index in [-0.39, 0.29) is 5.91 Å². The summed E-state index contributed by atoms with van der Waals surface area (Å²) >= 11 is 0. The Hall–Kier alpha value is -3.02. The molecule has 1 aliphatic rings. The van der Waals surface area contributed by atoms with Gasteiger partial charge in [0.25, 0.3) is 5.91 Å². The molecule has 0 aliphatic carbocycles. The second kappa shape index (κ2) is 7.70. The molecule has 2 aromatic heterocycles. The summed E-state index contributed by atoms with van der Waals surface area (Å²) in [6.45, 7) is 3.52. The molecule has 1 aliphatic heterocycles. The van der Waals surface area contributed by atoms with Crippen molar-refractivity contribution in [2.24, 2.45) is 5.92 Å². The van der Waals surface area contributed by atoms with Gasteiger partial charge in [0.15, 0.2) is 0 Å². The van der Waals surface area contributed by atoms with Gasteiger partial charge in [0.05, 0.1) is 5.56 Å². The summed E-state index contributed by atoms with van der Waals surface area (Å²) in [7, 11) is 0. The maximum Gasteiger partial charge on any atom is 0.255 e. The van der Waals surface area contributed by atoms with E-state index in [9.17, 15) is 4.79 Å². The molecule has 0 bridgehead atoms. The van der Waals surface area contributed by atoms with Crippen LogP contribution in [0.15, 0.2) is 53.3 Å². The number of pyridine rings is 1. The number of aromatic nitrogens is 3. The van der Waals surface area contributed by atoms with Gasteiger partial charge in [0.1, 0.15) is 0 Å². The fourth-order valence-corrected chi connectivity index (χ4v) is 3.61. The standard InChI is InChI=1S/C21H22N4O2/c1-15-6-2-3-9-18(15)20-23-19(27-24-20)12-16-7-5-11-25(14-16)21(26)17-8-4-10-22-13-17/h2-4,6,8-10,13,16H,5,7,11-12,14H2,1H3. The fourth-order valence-electron chi connectivity index (χ4n) is 3.61. The molecular weight excluding hydrogens is 340 g/mol. The summed E-state index contributed by atoms with van der Waals surface area (Å²) in [6, 6.07) is 11.6. The van der Waals surface area contributed by atoms with Crippen LogP contribution in [0.2, 0.25) is 0 Å². The number of carbonyl (C=O) groups excluding carboxylic acids is 1. The molecule has 6 heteroatoms. The molecule has 1 unspecified atom stereocenters. The monoisotopic (exact) mass is 362 g/mol. The third-order valence-electron chi connectivity index (χ3n) is 5.03. The average Bonchev–Trinajstić information content (AvgIpc) is 3.17. The Kier molecular flexibility index (Phi) is 4.96. The van der Waals surface area contributed by atoms with Gasteiger partial charge in [-0.3, -0.25) is 9.78 Å². The highest BCUT2D eigenvalue weighted by molar-refractivity contribution is 5.93. The minimum atomic E-state index is 0.0407. The van der Waals surface area contributed by atoms with Gasteiger partial charge >= 0.3 is 0 Å². The van der Waals surface area contributed by atoms with Crippen molar-refractivity contribution in [3.8, 4) is 11.4 Å². The molecule has 4 rings (SSSR count). The summed E-state index contributed by atoms with van der Waals surface area (Å²) in [5.41, 5.74) is 2.75. The fraction of sp³-hybridized carbons (Fsp3) is 0.333. The number of nitrogens with zero attached hydrogens (tertiary/aromatic N) is 4. The number of hydrogen-bond acceptors (Lipinski definition) is 5. The lowest BCUT2D eigenvalue weighted by Gasteiger charge is -2.32. The number of amides is 1. The van der Waals surface area contributed by atoms with E-state index in [0.717, 1.165) is 30.5 Å². The normalized spacial score (nSPS) is 17.1. The Morgan fingerprint density at radius 3 is 2.96 bits per heavy atom. The van der Waals surface area contributed by atoms with Crippen LogP contribution in [-0.4, -0.2) is 39.0 Å². The summed E-state index contributed by atoms with van der Waals surface area (Å²) in [6.07, 6.45) is 6.03. The maximum atomic E-state index is 12.7. The predicted molar refractivity (Wildman–Crippen MR) is 101 cm³/mol. The molecule has 1 amide bonds. The number of hydrogen-bond donors (Lipinski definition) is 0. The molecule has 3 heterocycles. The Bertz CT molecular complexity index is 923. The largest absolute Gasteiger partial charge is 0.339 e. The SMILES string of the molecule is Cc1ccccc1-c1noc(CC2CCCN(C(=O)c3cccnc3)C2)n1. The molecule has 1 fully saturated rings. The quantitative estimate of drug-likeness (QED) is 0.710. The van der Waals surface area contributed by atoms with E-state index in [0.29, 0.717) is 36.2 Å². The minimum Gasteiger partial charge on any atom is -0.339 e. The third-order valence-corrected chi connectivity index (χ3v) is 5.03. The first-order chi connectivity index (χ1) is 13.2. The van der Waals surface area contributed by atoms with Crippen molar-refractivity contribution in [1.82, 2.24) is 20.0 Å². The van der Waals surface area contributed by atoms with Crippen molar-refractivity contribution in [3.05, 3.63) is 65.8 Å². The smallest absolute Gasteiger partial charge is 0.255 e. The summed E-state index contributed by atoms with van der Waals surface area (Å²) < 4.78 is 5.48. The summed E-state index contributed by atoms with van der Waals surface area (Å²) in [5.74, 6) is 1.62. The van der Waals surface area contributed by atoms with Crippen LogP contribution in [0.3, 0.4) is 0 Å². The summed E-state index contributed by atoms with van der Waals surface area (Å²) in [4.78, 5) is 23.2. The lowest BCUT2D eigenvalue weighted by Crippen LogP contribution is -2.40. The molecule has 6 nitrogen and oxygen atoms in total. The Morgan fingerprint density at radius 1 is 1.26 bits per heavy atom. The van der Waals surface area contributed by atoms with Crippen LogP contribution < -0.4 is 0 Å². The van der Waals surface area contributed by atoms with E-state index >= 15 is 0 Å². The number of rotatable bonds is 4. The molecule has 27 heavy (non-hydrogen) atoms. The van der Waals surface area contributed by atoms with Crippen molar-refractivity contribution in [1.29, 1.82) is 0 Å². The molecule has 1 saturated heterocycles. The zero-order chi connectivity index (χ0) is 18.6. The van der Waals surface area contributed by atoms with Gasteiger partial charge in [-0.2, -0.15) is 4.98 Å². The van der Waals surface area contributed by atoms with Gasteiger partial charge in [-0.1, -0.05) is 29.4 Å². The van der Waals surface area contributed by atoms with Crippen molar-refractivity contribution in [3.63, 3.8) is 0 Å². The third kappa shape index (κ3) is 3.89. The molecule has 0 radical (unpaired) electrons. The van der Waals surface area contributed by atoms with E-state index in [1.54, 1.807) is 18.5 Å². The topological polar surface area (TPSA) is 72.1 Å². The zero-order valence-electron chi connectivity index (χ0n) is 15.3. The van der Waals surface area contributed by atoms with Gasteiger partial charge in [0.2, 0.25) is 11.7 Å². The Balaban J connectivity index is 1.43. The molecular formula is C21H22N4O2. The first-order valence-corrected chi connectivity index (χ1v) is 9.28. The number of benzene rings is 1. The van der Waals surface area contributed by atoms with Crippen LogP contribution in [0.1, 0.15) is 34.7 Å². The van der Waals surface area contributed by atoms with Crippen molar-refractivity contribution in [2.45, 2.75) is 26.2 Å². The van der Waals surface area contributed by atoms with Crippen molar-refractivity contribution in [2.75, 3.05) is 13.1 Å². The molecule has 0 spiro atoms. The highest BCUT2D eigenvalue weighted by atomic mass is 16.5. The van der Waals surface area contributed by atoms with E-state index in [2.05, 4.69) is 15.1 Å². The van der Waals surface area contributed by atoms with Gasteiger partial charge < -0.3 is 9.42 Å². The summed E-state index contributed by atoms with van der Waals surface area (Å²) in [5, 5.41) is 4.14. The highest BCUT2D eigenvalue weighted by Gasteiger charge is 2.26. The van der Waals surface area contributed by atoms with Crippen LogP contribution in [0.4, 0.5) is 0 Å². The molecule has 138 valence electrons. The second-order valence-corrected chi connectivity index (χ2v) is 7.03. The van der Waals surface area contributed by atoms with E-state index < -0.39 is 0 Å². The Labute approximate surface area is 158 Å². The average molecular weight is 362 g/mol. The first kappa shape index (κ1) is 17.4. The van der Waals surface area contributed by atoms with Gasteiger partial charge in [-0.25, -0.2) is 0 Å². The molecule has 1 atom stereocenters. The Morgan fingerprint density at radius 2 is 2.15 bits per heavy atom. The van der Waals surface area contributed by atoms with Crippen LogP contribution in [0, 0.1) is 12.8 Å². The zero-order valence-corrected chi connectivity index (χ0v) is 15.3. The lowest BCUT2D eigenvalue weighted by molar-refractivity contribution is 0.0667. The van der Waals surface area contributed by atoms with Crippen molar-refractivity contribution >= 4 is 5.91 Å². The van der Waals surface area contributed by atoms with E-state index in [1.807, 2.05) is 42.2 Å². The molecule has 1 aromatic carbocycles.